The van der Waals surface area contributed by atoms with E-state index in [1.165, 1.54) is 38.4 Å². The van der Waals surface area contributed by atoms with E-state index < -0.39 is 120 Å². The number of phenols is 6. The number of phenolic OH excluding ortho intramolecular Hbond substituents is 6. The number of carbonyl (C=O) groups excluding carboxylic acids is 2. The molecule has 8 saturated carbocycles. The van der Waals surface area contributed by atoms with E-state index in [4.69, 9.17) is 56.8 Å². The van der Waals surface area contributed by atoms with Crippen molar-refractivity contribution in [2.24, 2.45) is 35.5 Å². The Morgan fingerprint density at radius 1 is 0.311 bits per heavy atom. The number of rotatable bonds is 21. The van der Waals surface area contributed by atoms with Gasteiger partial charge in [-0.25, -0.2) is 9.59 Å². The van der Waals surface area contributed by atoms with Gasteiger partial charge >= 0.3 is 47.5 Å². The van der Waals surface area contributed by atoms with Crippen LogP contribution in [0.2, 0.25) is 0 Å². The van der Waals surface area contributed by atoms with Gasteiger partial charge in [0, 0.05) is 107 Å². The molecule has 8 aliphatic carbocycles. The van der Waals surface area contributed by atoms with Gasteiger partial charge in [0.2, 0.25) is 0 Å². The maximum atomic E-state index is 13.7. The van der Waals surface area contributed by atoms with Crippen molar-refractivity contribution in [2.75, 3.05) is 46.1 Å². The molecule has 36 heteroatoms. The number of ether oxygens (including phenoxy) is 12. The van der Waals surface area contributed by atoms with Crippen molar-refractivity contribution in [3.63, 3.8) is 0 Å². The van der Waals surface area contributed by atoms with Crippen LogP contribution >= 0.6 is 20.9 Å². The Morgan fingerprint density at radius 3 is 0.689 bits per heavy atom. The zero-order valence-electron chi connectivity index (χ0n) is 80.5. The van der Waals surface area contributed by atoms with Crippen LogP contribution in [0.1, 0.15) is 98.8 Å². The molecular formula is C112H105ClF12NO20S2+. The molecule has 2 spiro atoms. The van der Waals surface area contributed by atoms with Gasteiger partial charge in [-0.15, -0.1) is 0 Å². The van der Waals surface area contributed by atoms with Crippen molar-refractivity contribution < 1.29 is 162 Å². The first kappa shape index (κ1) is 106. The summed E-state index contributed by atoms with van der Waals surface area (Å²) in [7, 11) is -0.760. The predicted molar refractivity (Wildman–Crippen MR) is 528 cm³/mol. The molecule has 2 aromatic heterocycles. The zero-order valence-corrected chi connectivity index (χ0v) is 82.9. The highest BCUT2D eigenvalue weighted by Crippen LogP contribution is 2.67. The average Bonchev–Trinajstić information content (AvgIpc) is 0.978. The Bertz CT molecular complexity index is 6360. The SMILES string of the molecule is CC(F)(F)C(=O)OC12CC3CC(C1)C1(OCC(F)(F)C(F)(F)CO1)C(C3)C2.CC(F)(F)C(=O)OC12CC3CC(C1)C1(OCC(F)(F)C(F)(F)CO1)C(C3)C2.CCN(CC)CC.Oc1ccc(Oc2ccc(-[s+]3c4ccc(Oc5ccc(O)cc5)cc4c4cc(Oc5ccc(O)cc5)ccc43)cc2)cc1.Oc1ccc(Oc2ccc(-[s+]3c4ccc(Oc5ccc(O)cc5)cc4c4cc(Oc5ccc(O)cc5)ccc43)cc2)cc1.[Cl-]. The molecule has 4 heterocycles. The molecule has 780 valence electrons. The van der Waals surface area contributed by atoms with Gasteiger partial charge in [-0.1, -0.05) is 20.8 Å². The predicted octanol–water partition coefficient (Wildman–Crippen LogP) is 26.4. The van der Waals surface area contributed by atoms with Crippen LogP contribution in [-0.2, 0) is 38.0 Å². The maximum Gasteiger partial charge on any atom is 0.377 e. The Labute approximate surface area is 854 Å². The Kier molecular flexibility index (Phi) is 30.2. The van der Waals surface area contributed by atoms with Crippen LogP contribution < -0.4 is 40.8 Å². The van der Waals surface area contributed by atoms with Gasteiger partial charge in [0.25, 0.3) is 0 Å². The van der Waals surface area contributed by atoms with Gasteiger partial charge < -0.3 is 105 Å². The molecule has 24 rings (SSSR count). The molecule has 2 aliphatic heterocycles. The standard InChI is InChI=1S/2C36H24O6S.2C17H20F6O4.C6H15N.ClH/c2*37-23-1-7-26(8-2-23)40-29-13-17-32(18-14-29)43-35-19-15-30(41-27-9-3-24(38)4-10-27)21-33(35)34-22-31(16-20-36(34)43)42-28-11-5-25(39)6-12-28;2*1-13(18,19)12(24)27-14-4-9-2-10(5-14)17(11(3-9)6-14)25-7-15(20,21)16(22,23)8-26-17;1-4-7(5-2)6-3;/h2*1-22H,(H2-,37,38,39);2*9-11H,2-8H2,1H3;4-6H2,1-3H3;1H/p+1. The van der Waals surface area contributed by atoms with Crippen molar-refractivity contribution in [1.82, 2.24) is 4.90 Å². The van der Waals surface area contributed by atoms with Gasteiger partial charge in [-0.2, -0.15) is 52.7 Å². The van der Waals surface area contributed by atoms with E-state index in [2.05, 4.69) is 74.2 Å². The fourth-order valence-corrected chi connectivity index (χ4v) is 25.9. The summed E-state index contributed by atoms with van der Waals surface area (Å²) in [5, 5.41) is 61.9. The van der Waals surface area contributed by atoms with Crippen molar-refractivity contribution in [2.45, 2.75) is 157 Å². The van der Waals surface area contributed by atoms with Gasteiger partial charge in [0.15, 0.2) is 40.2 Å². The lowest BCUT2D eigenvalue weighted by Crippen LogP contribution is -3.00. The van der Waals surface area contributed by atoms with Gasteiger partial charge in [0.1, 0.15) is 141 Å². The van der Waals surface area contributed by atoms with Gasteiger partial charge in [0.05, 0.1) is 21.5 Å². The quantitative estimate of drug-likeness (QED) is 0.0222. The number of benzene rings is 12. The maximum absolute atomic E-state index is 13.7. The van der Waals surface area contributed by atoms with E-state index in [1.54, 1.807) is 146 Å². The number of carbonyl (C=O) groups is 2. The van der Waals surface area contributed by atoms with E-state index in [9.17, 15) is 92.9 Å². The Morgan fingerprint density at radius 2 is 0.500 bits per heavy atom. The number of aromatic hydroxyl groups is 6. The van der Waals surface area contributed by atoms with Gasteiger partial charge in [-0.3, -0.25) is 0 Å². The minimum absolute atomic E-state index is 0. The van der Waals surface area contributed by atoms with Crippen molar-refractivity contribution >= 4 is 73.2 Å². The molecule has 2 saturated heterocycles. The topological polar surface area (TPSA) is 270 Å². The highest BCUT2D eigenvalue weighted by atomic mass is 35.5. The van der Waals surface area contributed by atoms with Crippen LogP contribution in [0.5, 0.6) is 103 Å². The van der Waals surface area contributed by atoms with E-state index in [0.717, 1.165) is 31.3 Å². The normalized spacial score (nSPS) is 22.0. The number of hydrogen-bond donors (Lipinski definition) is 6. The fourth-order valence-electron chi connectivity index (χ4n) is 21.2. The van der Waals surface area contributed by atoms with Crippen molar-refractivity contribution in [3.05, 3.63) is 267 Å². The van der Waals surface area contributed by atoms with Gasteiger partial charge in [-0.05, 0) is 314 Å². The summed E-state index contributed by atoms with van der Waals surface area (Å²) in [5.41, 5.74) is -2.30. The summed E-state index contributed by atoms with van der Waals surface area (Å²) < 4.78 is 236. The molecule has 8 bridgehead atoms. The second-order valence-corrected chi connectivity index (χ2v) is 42.3. The van der Waals surface area contributed by atoms with E-state index in [-0.39, 0.29) is 105 Å². The average molecular weight is 2110 g/mol. The van der Waals surface area contributed by atoms with Crippen LogP contribution in [0.4, 0.5) is 52.7 Å². The lowest BCUT2D eigenvalue weighted by Gasteiger charge is -2.63. The van der Waals surface area contributed by atoms with Crippen LogP contribution in [0.25, 0.3) is 50.1 Å². The number of fused-ring (bicyclic) bond motifs is 6. The third-order valence-electron chi connectivity index (χ3n) is 28.0. The molecule has 10 fully saturated rings. The number of hydrogen-bond acceptors (Lipinski definition) is 21. The summed E-state index contributed by atoms with van der Waals surface area (Å²) in [6.07, 6.45) is 2.93. The summed E-state index contributed by atoms with van der Waals surface area (Å²) in [6.45, 7) is 5.11. The van der Waals surface area contributed by atoms with E-state index >= 15 is 0 Å². The molecule has 10 aliphatic rings. The lowest BCUT2D eigenvalue weighted by atomic mass is 9.51. The first-order valence-corrected chi connectivity index (χ1v) is 50.4. The molecule has 148 heavy (non-hydrogen) atoms. The number of nitrogens with zero attached hydrogens (tertiary/aromatic N) is 1. The van der Waals surface area contributed by atoms with Crippen LogP contribution in [0, 0.1) is 35.5 Å². The molecule has 4 unspecified atom stereocenters. The number of thiophene rings is 2. The summed E-state index contributed by atoms with van der Waals surface area (Å²) >= 11 is 0. The van der Waals surface area contributed by atoms with Crippen molar-refractivity contribution in [1.29, 1.82) is 0 Å². The third kappa shape index (κ3) is 22.7. The molecule has 14 aromatic rings. The molecule has 0 radical (unpaired) electrons. The first-order valence-electron chi connectivity index (χ1n) is 48.0. The lowest BCUT2D eigenvalue weighted by molar-refractivity contribution is -0.355. The summed E-state index contributed by atoms with van der Waals surface area (Å²) in [5.74, 6) is -24.5. The van der Waals surface area contributed by atoms with Crippen LogP contribution in [0.3, 0.4) is 0 Å². The second-order valence-electron chi connectivity index (χ2n) is 38.4. The molecule has 0 amide bonds. The zero-order chi connectivity index (χ0) is 104. The molecule has 6 N–H and O–H groups in total. The highest BCUT2D eigenvalue weighted by Gasteiger charge is 2.72. The number of halogens is 13. The van der Waals surface area contributed by atoms with E-state index in [1.807, 2.05) is 72.8 Å². The number of esters is 2. The smallest absolute Gasteiger partial charge is 0.377 e. The Hall–Kier alpha value is -13.1. The van der Waals surface area contributed by atoms with Crippen LogP contribution in [-0.4, -0.2) is 152 Å². The van der Waals surface area contributed by atoms with Crippen molar-refractivity contribution in [3.8, 4) is 113 Å². The first-order chi connectivity index (χ1) is 69.9. The largest absolute Gasteiger partial charge is 1.00 e. The van der Waals surface area contributed by atoms with E-state index in [0.29, 0.717) is 121 Å². The Balaban J connectivity index is 0.000000134. The second kappa shape index (κ2) is 42.1. The minimum atomic E-state index is -4.36. The van der Waals surface area contributed by atoms with Crippen LogP contribution in [0.15, 0.2) is 267 Å². The molecule has 4 atom stereocenters. The number of alkyl halides is 12. The fraction of sp³-hybridized carbons (Fsp3) is 0.339. The monoisotopic (exact) mass is 2110 g/mol. The molecule has 12 aromatic carbocycles. The summed E-state index contributed by atoms with van der Waals surface area (Å²) in [4.78, 5) is 28.1. The summed E-state index contributed by atoms with van der Waals surface area (Å²) in [6, 6.07) is 80.5. The minimum Gasteiger partial charge on any atom is -1.00 e. The third-order valence-corrected chi connectivity index (χ3v) is 32.7. The molecular weight excluding hydrogens is 2010 g/mol. The molecule has 21 nitrogen and oxygen atoms in total. The highest BCUT2D eigenvalue weighted by molar-refractivity contribution is 7.50.